The summed E-state index contributed by atoms with van der Waals surface area (Å²) in [7, 11) is 1.64. The van der Waals surface area contributed by atoms with E-state index in [1.54, 1.807) is 13.4 Å². The summed E-state index contributed by atoms with van der Waals surface area (Å²) in [5, 5.41) is 3.53. The molecule has 1 heterocycles. The second kappa shape index (κ2) is 6.14. The molecule has 4 nitrogen and oxygen atoms in total. The quantitative estimate of drug-likeness (QED) is 0.872. The third-order valence-electron chi connectivity index (χ3n) is 3.23. The predicted molar refractivity (Wildman–Crippen MR) is 73.9 cm³/mol. The maximum atomic E-state index is 5.24. The third-order valence-corrected chi connectivity index (χ3v) is 3.23. The molecule has 102 valence electrons. The van der Waals surface area contributed by atoms with Crippen LogP contribution in [-0.2, 0) is 6.42 Å². The van der Waals surface area contributed by atoms with Gasteiger partial charge in [-0.2, -0.15) is 0 Å². The molecule has 0 amide bonds. The highest BCUT2D eigenvalue weighted by Gasteiger charge is 2.25. The Morgan fingerprint density at radius 3 is 2.50 bits per heavy atom. The molecule has 1 atom stereocenters. The number of likely N-dealkylation sites (N-methyl/N-ethyl adjacent to an activating group) is 1. The van der Waals surface area contributed by atoms with Gasteiger partial charge >= 0.3 is 0 Å². The first-order valence-electron chi connectivity index (χ1n) is 6.48. The fourth-order valence-corrected chi connectivity index (χ4v) is 2.00. The van der Waals surface area contributed by atoms with Crippen molar-refractivity contribution in [1.82, 2.24) is 15.3 Å². The van der Waals surface area contributed by atoms with E-state index in [2.05, 4.69) is 43.0 Å². The maximum absolute atomic E-state index is 5.24. The Labute approximate surface area is 110 Å². The molecule has 1 rings (SSSR count). The van der Waals surface area contributed by atoms with Gasteiger partial charge in [0.2, 0.25) is 5.88 Å². The molecule has 0 aliphatic rings. The Bertz CT molecular complexity index is 385. The van der Waals surface area contributed by atoms with Crippen LogP contribution in [-0.4, -0.2) is 29.7 Å². The van der Waals surface area contributed by atoms with E-state index in [-0.39, 0.29) is 5.41 Å². The normalized spacial score (nSPS) is 13.4. The summed E-state index contributed by atoms with van der Waals surface area (Å²) in [6.45, 7) is 11.8. The van der Waals surface area contributed by atoms with Crippen LogP contribution in [0.25, 0.3) is 0 Å². The summed E-state index contributed by atoms with van der Waals surface area (Å²) < 4.78 is 5.24. The van der Waals surface area contributed by atoms with Crippen LogP contribution in [0.1, 0.15) is 39.0 Å². The Morgan fingerprint density at radius 1 is 1.33 bits per heavy atom. The van der Waals surface area contributed by atoms with Crippen LogP contribution in [0.15, 0.2) is 6.33 Å². The van der Waals surface area contributed by atoms with E-state index in [4.69, 9.17) is 4.74 Å². The molecular weight excluding hydrogens is 226 g/mol. The van der Waals surface area contributed by atoms with Gasteiger partial charge in [-0.15, -0.1) is 0 Å². The average molecular weight is 251 g/mol. The lowest BCUT2D eigenvalue weighted by Crippen LogP contribution is -2.42. The van der Waals surface area contributed by atoms with E-state index >= 15 is 0 Å². The molecular formula is C14H25N3O. The van der Waals surface area contributed by atoms with Crippen molar-refractivity contribution in [2.45, 2.75) is 47.1 Å². The van der Waals surface area contributed by atoms with Crippen molar-refractivity contribution in [3.63, 3.8) is 0 Å². The molecule has 0 fully saturated rings. The Hall–Kier alpha value is -1.16. The molecule has 4 heteroatoms. The summed E-state index contributed by atoms with van der Waals surface area (Å²) in [6.07, 6.45) is 2.47. The van der Waals surface area contributed by atoms with Gasteiger partial charge in [0.25, 0.3) is 0 Å². The minimum atomic E-state index is 0.195. The second-order valence-corrected chi connectivity index (χ2v) is 5.64. The van der Waals surface area contributed by atoms with Gasteiger partial charge in [0, 0.05) is 18.0 Å². The number of nitrogens with one attached hydrogen (secondary N) is 1. The number of hydrogen-bond acceptors (Lipinski definition) is 4. The van der Waals surface area contributed by atoms with Gasteiger partial charge in [-0.1, -0.05) is 27.7 Å². The minimum Gasteiger partial charge on any atom is -0.481 e. The predicted octanol–water partition coefficient (Wildman–Crippen LogP) is 2.36. The summed E-state index contributed by atoms with van der Waals surface area (Å²) in [6, 6.07) is 0.390. The van der Waals surface area contributed by atoms with Gasteiger partial charge in [0.1, 0.15) is 6.33 Å². The zero-order valence-corrected chi connectivity index (χ0v) is 12.4. The summed E-state index contributed by atoms with van der Waals surface area (Å²) in [5.41, 5.74) is 2.29. The van der Waals surface area contributed by atoms with E-state index in [0.29, 0.717) is 11.9 Å². The summed E-state index contributed by atoms with van der Waals surface area (Å²) in [5.74, 6) is 0.671. The lowest BCUT2D eigenvalue weighted by atomic mass is 9.83. The molecule has 0 aliphatic carbocycles. The van der Waals surface area contributed by atoms with Gasteiger partial charge in [0.05, 0.1) is 12.8 Å². The standard InChI is InChI=1S/C14H25N3O/c1-7-15-12(14(3,4)5)8-11-10(2)13(18-6)17-9-16-11/h9,12,15H,7-8H2,1-6H3. The maximum Gasteiger partial charge on any atom is 0.219 e. The third kappa shape index (κ3) is 3.67. The molecule has 0 spiro atoms. The molecule has 1 aromatic heterocycles. The molecule has 0 bridgehead atoms. The Balaban J connectivity index is 2.94. The van der Waals surface area contributed by atoms with Crippen molar-refractivity contribution < 1.29 is 4.74 Å². The fourth-order valence-electron chi connectivity index (χ4n) is 2.00. The van der Waals surface area contributed by atoms with Crippen molar-refractivity contribution in [3.8, 4) is 5.88 Å². The first kappa shape index (κ1) is 14.9. The molecule has 0 aromatic carbocycles. The zero-order valence-electron chi connectivity index (χ0n) is 12.4. The Kier molecular flexibility index (Phi) is 5.08. The highest BCUT2D eigenvalue weighted by Crippen LogP contribution is 2.24. The highest BCUT2D eigenvalue weighted by atomic mass is 16.5. The van der Waals surface area contributed by atoms with Gasteiger partial charge in [-0.05, 0) is 18.9 Å². The van der Waals surface area contributed by atoms with Crippen molar-refractivity contribution in [1.29, 1.82) is 0 Å². The van der Waals surface area contributed by atoms with Gasteiger partial charge in [-0.3, -0.25) is 0 Å². The number of ether oxygens (including phenoxy) is 1. The van der Waals surface area contributed by atoms with Crippen LogP contribution in [0, 0.1) is 12.3 Å². The highest BCUT2D eigenvalue weighted by molar-refractivity contribution is 5.28. The summed E-state index contributed by atoms with van der Waals surface area (Å²) in [4.78, 5) is 8.51. The van der Waals surface area contributed by atoms with E-state index in [9.17, 15) is 0 Å². The van der Waals surface area contributed by atoms with Crippen molar-refractivity contribution >= 4 is 0 Å². The van der Waals surface area contributed by atoms with Gasteiger partial charge in [-0.25, -0.2) is 9.97 Å². The molecule has 1 unspecified atom stereocenters. The SMILES string of the molecule is CCNC(Cc1ncnc(OC)c1C)C(C)(C)C. The zero-order chi connectivity index (χ0) is 13.8. The molecule has 1 N–H and O–H groups in total. The van der Waals surface area contributed by atoms with Crippen LogP contribution in [0.3, 0.4) is 0 Å². The van der Waals surface area contributed by atoms with Gasteiger partial charge < -0.3 is 10.1 Å². The fraction of sp³-hybridized carbons (Fsp3) is 0.714. The topological polar surface area (TPSA) is 47.0 Å². The van der Waals surface area contributed by atoms with Gasteiger partial charge in [0.15, 0.2) is 0 Å². The Morgan fingerprint density at radius 2 is 2.00 bits per heavy atom. The largest absolute Gasteiger partial charge is 0.481 e. The molecule has 0 saturated heterocycles. The van der Waals surface area contributed by atoms with E-state index in [0.717, 1.165) is 24.2 Å². The molecule has 18 heavy (non-hydrogen) atoms. The van der Waals surface area contributed by atoms with E-state index in [1.807, 2.05) is 6.92 Å². The van der Waals surface area contributed by atoms with E-state index in [1.165, 1.54) is 0 Å². The number of rotatable bonds is 5. The molecule has 1 aromatic rings. The first-order chi connectivity index (χ1) is 8.40. The minimum absolute atomic E-state index is 0.195. The monoisotopic (exact) mass is 251 g/mol. The van der Waals surface area contributed by atoms with Crippen LogP contribution in [0.4, 0.5) is 0 Å². The summed E-state index contributed by atoms with van der Waals surface area (Å²) >= 11 is 0. The molecule has 0 aliphatic heterocycles. The number of hydrogen-bond donors (Lipinski definition) is 1. The molecule has 0 radical (unpaired) electrons. The second-order valence-electron chi connectivity index (χ2n) is 5.64. The number of nitrogens with zero attached hydrogens (tertiary/aromatic N) is 2. The van der Waals surface area contributed by atoms with E-state index < -0.39 is 0 Å². The number of aromatic nitrogens is 2. The first-order valence-corrected chi connectivity index (χ1v) is 6.48. The lowest BCUT2D eigenvalue weighted by Gasteiger charge is -2.31. The van der Waals surface area contributed by atoms with Crippen LogP contribution < -0.4 is 10.1 Å². The van der Waals surface area contributed by atoms with Crippen molar-refractivity contribution in [3.05, 3.63) is 17.6 Å². The van der Waals surface area contributed by atoms with Crippen LogP contribution in [0.2, 0.25) is 0 Å². The van der Waals surface area contributed by atoms with Crippen molar-refractivity contribution in [2.24, 2.45) is 5.41 Å². The van der Waals surface area contributed by atoms with Crippen molar-refractivity contribution in [2.75, 3.05) is 13.7 Å². The smallest absolute Gasteiger partial charge is 0.219 e. The average Bonchev–Trinajstić information content (AvgIpc) is 2.29. The van der Waals surface area contributed by atoms with Crippen LogP contribution in [0.5, 0.6) is 5.88 Å². The number of methoxy groups -OCH3 is 1. The lowest BCUT2D eigenvalue weighted by molar-refractivity contribution is 0.267. The molecule has 0 saturated carbocycles. The van der Waals surface area contributed by atoms with Crippen LogP contribution >= 0.6 is 0 Å².